The Kier molecular flexibility index (Phi) is 4.94. The summed E-state index contributed by atoms with van der Waals surface area (Å²) in [4.78, 5) is 0. The molecule has 1 saturated carbocycles. The van der Waals surface area contributed by atoms with Crippen LogP contribution >= 0.6 is 0 Å². The van der Waals surface area contributed by atoms with E-state index in [2.05, 4.69) is 20.8 Å². The molecule has 0 radical (unpaired) electrons. The van der Waals surface area contributed by atoms with Gasteiger partial charge in [0.1, 0.15) is 0 Å². The molecule has 1 aliphatic rings. The van der Waals surface area contributed by atoms with Crippen molar-refractivity contribution in [2.24, 2.45) is 17.8 Å². The number of rotatable bonds is 4. The second-order valence-electron chi connectivity index (χ2n) is 5.52. The summed E-state index contributed by atoms with van der Waals surface area (Å²) in [6.45, 7) is 7.00. The molecule has 1 nitrogen and oxygen atoms in total. The molecule has 84 valence electrons. The molecule has 0 aromatic heterocycles. The van der Waals surface area contributed by atoms with Gasteiger partial charge in [0, 0.05) is 0 Å². The highest BCUT2D eigenvalue weighted by atomic mass is 16.3. The van der Waals surface area contributed by atoms with Crippen molar-refractivity contribution < 1.29 is 5.11 Å². The molecule has 0 aromatic carbocycles. The van der Waals surface area contributed by atoms with Crippen molar-refractivity contribution in [1.82, 2.24) is 0 Å². The van der Waals surface area contributed by atoms with E-state index in [9.17, 15) is 5.11 Å². The number of aliphatic hydroxyl groups is 1. The molecule has 0 aromatic rings. The van der Waals surface area contributed by atoms with E-state index < -0.39 is 0 Å². The molecule has 1 fully saturated rings. The zero-order chi connectivity index (χ0) is 10.6. The van der Waals surface area contributed by atoms with Crippen molar-refractivity contribution in [2.45, 2.75) is 65.4 Å². The second-order valence-corrected chi connectivity index (χ2v) is 5.52. The molecule has 0 saturated heterocycles. The molecule has 1 rings (SSSR count). The van der Waals surface area contributed by atoms with Gasteiger partial charge in [-0.15, -0.1) is 0 Å². The molecule has 1 unspecified atom stereocenters. The molecule has 14 heavy (non-hydrogen) atoms. The molecule has 0 bridgehead atoms. The monoisotopic (exact) mass is 198 g/mol. The lowest BCUT2D eigenvalue weighted by molar-refractivity contribution is 0.0911. The summed E-state index contributed by atoms with van der Waals surface area (Å²) in [6, 6.07) is 0. The quantitative estimate of drug-likeness (QED) is 0.731. The highest BCUT2D eigenvalue weighted by Gasteiger charge is 2.23. The van der Waals surface area contributed by atoms with Crippen LogP contribution in [0.5, 0.6) is 0 Å². The lowest BCUT2D eigenvalue weighted by Crippen LogP contribution is -2.23. The molecular formula is C13H26O. The lowest BCUT2D eigenvalue weighted by Gasteiger charge is -2.30. The van der Waals surface area contributed by atoms with Crippen LogP contribution < -0.4 is 0 Å². The predicted octanol–water partition coefficient (Wildman–Crippen LogP) is 3.61. The third-order valence-electron chi connectivity index (χ3n) is 3.75. The van der Waals surface area contributed by atoms with E-state index in [0.29, 0.717) is 0 Å². The number of hydrogen-bond donors (Lipinski definition) is 1. The molecule has 1 atom stereocenters. The highest BCUT2D eigenvalue weighted by Crippen LogP contribution is 2.32. The van der Waals surface area contributed by atoms with Gasteiger partial charge in [-0.3, -0.25) is 0 Å². The summed E-state index contributed by atoms with van der Waals surface area (Å²) >= 11 is 0. The maximum absolute atomic E-state index is 9.43. The van der Waals surface area contributed by atoms with Gasteiger partial charge in [-0.1, -0.05) is 33.6 Å². The molecular weight excluding hydrogens is 172 g/mol. The van der Waals surface area contributed by atoms with E-state index in [1.165, 1.54) is 25.7 Å². The minimum absolute atomic E-state index is 0.00329. The summed E-state index contributed by atoms with van der Waals surface area (Å²) in [5.41, 5.74) is 0. The van der Waals surface area contributed by atoms with E-state index in [-0.39, 0.29) is 6.10 Å². The van der Waals surface area contributed by atoms with E-state index in [1.54, 1.807) is 0 Å². The van der Waals surface area contributed by atoms with Gasteiger partial charge >= 0.3 is 0 Å². The Bertz CT molecular complexity index is 145. The van der Waals surface area contributed by atoms with Crippen LogP contribution in [0.1, 0.15) is 59.3 Å². The van der Waals surface area contributed by atoms with Gasteiger partial charge in [0.25, 0.3) is 0 Å². The van der Waals surface area contributed by atoms with Crippen molar-refractivity contribution in [3.63, 3.8) is 0 Å². The standard InChI is InChI=1S/C13H26O/c1-10(2)4-5-11(3)12-6-8-13(14)9-7-12/h10-14H,4-9H2,1-3H3. The maximum Gasteiger partial charge on any atom is 0.0540 e. The molecule has 1 N–H and O–H groups in total. The third kappa shape index (κ3) is 4.00. The third-order valence-corrected chi connectivity index (χ3v) is 3.75. The Morgan fingerprint density at radius 3 is 2.07 bits per heavy atom. The average molecular weight is 198 g/mol. The van der Waals surface area contributed by atoms with Crippen LogP contribution in [0.25, 0.3) is 0 Å². The number of hydrogen-bond acceptors (Lipinski definition) is 1. The summed E-state index contributed by atoms with van der Waals surface area (Å²) < 4.78 is 0. The molecule has 0 spiro atoms. The van der Waals surface area contributed by atoms with Crippen LogP contribution in [-0.2, 0) is 0 Å². The van der Waals surface area contributed by atoms with Crippen molar-refractivity contribution >= 4 is 0 Å². The Balaban J connectivity index is 2.20. The first-order valence-electron chi connectivity index (χ1n) is 6.27. The lowest BCUT2D eigenvalue weighted by atomic mass is 9.77. The summed E-state index contributed by atoms with van der Waals surface area (Å²) in [5, 5.41) is 9.43. The van der Waals surface area contributed by atoms with Crippen LogP contribution in [0.15, 0.2) is 0 Å². The zero-order valence-corrected chi connectivity index (χ0v) is 10.00. The first kappa shape index (κ1) is 12.0. The zero-order valence-electron chi connectivity index (χ0n) is 10.00. The molecule has 1 heteroatoms. The van der Waals surface area contributed by atoms with E-state index in [4.69, 9.17) is 0 Å². The van der Waals surface area contributed by atoms with Gasteiger partial charge in [-0.05, 0) is 43.4 Å². The van der Waals surface area contributed by atoms with Crippen LogP contribution in [0.4, 0.5) is 0 Å². The average Bonchev–Trinajstić information content (AvgIpc) is 2.15. The Morgan fingerprint density at radius 2 is 1.57 bits per heavy atom. The highest BCUT2D eigenvalue weighted by molar-refractivity contribution is 4.75. The Hall–Kier alpha value is -0.0400. The van der Waals surface area contributed by atoms with Crippen molar-refractivity contribution in [1.29, 1.82) is 0 Å². The molecule has 0 amide bonds. The van der Waals surface area contributed by atoms with Crippen LogP contribution in [0.3, 0.4) is 0 Å². The van der Waals surface area contributed by atoms with E-state index >= 15 is 0 Å². The fourth-order valence-electron chi connectivity index (χ4n) is 2.50. The van der Waals surface area contributed by atoms with Gasteiger partial charge in [0.15, 0.2) is 0 Å². The Morgan fingerprint density at radius 1 is 1.00 bits per heavy atom. The van der Waals surface area contributed by atoms with Gasteiger partial charge in [0.05, 0.1) is 6.10 Å². The normalized spacial score (nSPS) is 30.6. The topological polar surface area (TPSA) is 20.2 Å². The minimum atomic E-state index is 0.00329. The van der Waals surface area contributed by atoms with Crippen molar-refractivity contribution in [3.8, 4) is 0 Å². The SMILES string of the molecule is CC(C)CCC(C)C1CCC(O)CC1. The van der Waals surface area contributed by atoms with E-state index in [1.807, 2.05) is 0 Å². The van der Waals surface area contributed by atoms with Gasteiger partial charge in [0.2, 0.25) is 0 Å². The summed E-state index contributed by atoms with van der Waals surface area (Å²) in [7, 11) is 0. The fraction of sp³-hybridized carbons (Fsp3) is 1.00. The largest absolute Gasteiger partial charge is 0.393 e. The van der Waals surface area contributed by atoms with E-state index in [0.717, 1.165) is 30.6 Å². The van der Waals surface area contributed by atoms with Crippen molar-refractivity contribution in [2.75, 3.05) is 0 Å². The smallest absolute Gasteiger partial charge is 0.0540 e. The molecule has 0 aliphatic heterocycles. The second kappa shape index (κ2) is 5.75. The maximum atomic E-state index is 9.43. The molecule has 0 heterocycles. The molecule has 1 aliphatic carbocycles. The van der Waals surface area contributed by atoms with Crippen LogP contribution in [0.2, 0.25) is 0 Å². The van der Waals surface area contributed by atoms with Crippen LogP contribution in [-0.4, -0.2) is 11.2 Å². The minimum Gasteiger partial charge on any atom is -0.393 e. The summed E-state index contributed by atoms with van der Waals surface area (Å²) in [5.74, 6) is 2.59. The van der Waals surface area contributed by atoms with Gasteiger partial charge in [-0.25, -0.2) is 0 Å². The van der Waals surface area contributed by atoms with Gasteiger partial charge < -0.3 is 5.11 Å². The fourth-order valence-corrected chi connectivity index (χ4v) is 2.50. The van der Waals surface area contributed by atoms with Crippen molar-refractivity contribution in [3.05, 3.63) is 0 Å². The summed E-state index contributed by atoms with van der Waals surface area (Å²) in [6.07, 6.45) is 7.32. The predicted molar refractivity (Wildman–Crippen MR) is 61.2 cm³/mol. The first-order valence-corrected chi connectivity index (χ1v) is 6.27. The van der Waals surface area contributed by atoms with Gasteiger partial charge in [-0.2, -0.15) is 0 Å². The van der Waals surface area contributed by atoms with Crippen LogP contribution in [0, 0.1) is 17.8 Å². The first-order chi connectivity index (χ1) is 6.59. The Labute approximate surface area is 88.9 Å². The number of aliphatic hydroxyl groups excluding tert-OH is 1.